The largest absolute Gasteiger partial charge is 0.264 e. The van der Waals surface area contributed by atoms with Crippen LogP contribution in [-0.2, 0) is 0 Å². The van der Waals surface area contributed by atoms with Crippen LogP contribution in [0.3, 0.4) is 0 Å². The summed E-state index contributed by atoms with van der Waals surface area (Å²) in [6.07, 6.45) is 1.48. The Morgan fingerprint density at radius 3 is 2.32 bits per heavy atom. The molecule has 1 aromatic carbocycles. The van der Waals surface area contributed by atoms with Gasteiger partial charge in [0.25, 0.3) is 0 Å². The van der Waals surface area contributed by atoms with Gasteiger partial charge in [-0.2, -0.15) is 0 Å². The average Bonchev–Trinajstić information content (AvgIpc) is 2.75. The predicted octanol–water partition coefficient (Wildman–Crippen LogP) is 6.31. The standard InChI is InChI=1S/C14H6BrCl4N3/c15-8-3-1-7(2-4-8)11-12(18)21-14(19)22(11)13-10(17)5-9(16)6-20-13/h1-6H. The third kappa shape index (κ3) is 2.99. The number of nitrogens with zero attached hydrogens (tertiary/aromatic N) is 3. The van der Waals surface area contributed by atoms with E-state index in [0.29, 0.717) is 21.6 Å². The van der Waals surface area contributed by atoms with Crippen molar-refractivity contribution in [2.24, 2.45) is 0 Å². The molecule has 0 atom stereocenters. The molecule has 2 aromatic heterocycles. The van der Waals surface area contributed by atoms with Crippen LogP contribution >= 0.6 is 62.3 Å². The van der Waals surface area contributed by atoms with E-state index < -0.39 is 0 Å². The molecule has 0 N–H and O–H groups in total. The van der Waals surface area contributed by atoms with Gasteiger partial charge in [-0.3, -0.25) is 4.57 Å². The highest BCUT2D eigenvalue weighted by Crippen LogP contribution is 2.36. The van der Waals surface area contributed by atoms with Crippen LogP contribution < -0.4 is 0 Å². The summed E-state index contributed by atoms with van der Waals surface area (Å²) in [5.41, 5.74) is 1.44. The minimum atomic E-state index is 0.166. The molecule has 0 amide bonds. The second-order valence-electron chi connectivity index (χ2n) is 4.32. The Kier molecular flexibility index (Phi) is 4.67. The lowest BCUT2D eigenvalue weighted by Gasteiger charge is -2.11. The summed E-state index contributed by atoms with van der Waals surface area (Å²) in [6, 6.07) is 9.16. The lowest BCUT2D eigenvalue weighted by molar-refractivity contribution is 1.00. The molecule has 0 aliphatic carbocycles. The van der Waals surface area contributed by atoms with Crippen molar-refractivity contribution in [3.05, 3.63) is 61.5 Å². The summed E-state index contributed by atoms with van der Waals surface area (Å²) >= 11 is 27.9. The molecule has 0 aliphatic heterocycles. The molecule has 0 fully saturated rings. The van der Waals surface area contributed by atoms with Crippen molar-refractivity contribution >= 4 is 62.3 Å². The molecule has 0 aliphatic rings. The van der Waals surface area contributed by atoms with Gasteiger partial charge >= 0.3 is 0 Å². The number of halogens is 5. The zero-order valence-corrected chi connectivity index (χ0v) is 15.3. The maximum absolute atomic E-state index is 6.23. The van der Waals surface area contributed by atoms with Gasteiger partial charge < -0.3 is 0 Å². The van der Waals surface area contributed by atoms with Gasteiger partial charge in [0.1, 0.15) is 0 Å². The van der Waals surface area contributed by atoms with Gasteiger partial charge in [-0.1, -0.05) is 62.9 Å². The van der Waals surface area contributed by atoms with Crippen LogP contribution in [0, 0.1) is 0 Å². The van der Waals surface area contributed by atoms with Crippen molar-refractivity contribution in [2.45, 2.75) is 0 Å². The maximum Gasteiger partial charge on any atom is 0.210 e. The van der Waals surface area contributed by atoms with Gasteiger partial charge in [0.2, 0.25) is 5.28 Å². The van der Waals surface area contributed by atoms with Crippen LogP contribution in [0.25, 0.3) is 17.1 Å². The highest BCUT2D eigenvalue weighted by molar-refractivity contribution is 9.10. The fourth-order valence-electron chi connectivity index (χ4n) is 1.99. The van der Waals surface area contributed by atoms with Gasteiger partial charge in [0, 0.05) is 16.2 Å². The summed E-state index contributed by atoms with van der Waals surface area (Å²) in [5, 5.41) is 1.21. The number of pyridine rings is 1. The van der Waals surface area contributed by atoms with Crippen LogP contribution in [0.2, 0.25) is 20.5 Å². The normalized spacial score (nSPS) is 11.0. The van der Waals surface area contributed by atoms with E-state index in [0.717, 1.165) is 10.0 Å². The molecule has 3 rings (SSSR count). The van der Waals surface area contributed by atoms with Gasteiger partial charge in [0.05, 0.1) is 15.7 Å². The number of hydrogen-bond acceptors (Lipinski definition) is 2. The summed E-state index contributed by atoms with van der Waals surface area (Å²) in [7, 11) is 0. The first-order chi connectivity index (χ1) is 10.5. The van der Waals surface area contributed by atoms with Crippen LogP contribution in [0.4, 0.5) is 0 Å². The smallest absolute Gasteiger partial charge is 0.210 e. The Balaban J connectivity index is 2.26. The van der Waals surface area contributed by atoms with Crippen molar-refractivity contribution in [3.63, 3.8) is 0 Å². The number of imidazole rings is 1. The Morgan fingerprint density at radius 1 is 1.00 bits per heavy atom. The Bertz CT molecular complexity index is 846. The van der Waals surface area contributed by atoms with E-state index in [4.69, 9.17) is 46.4 Å². The Hall–Kier alpha value is -0.780. The summed E-state index contributed by atoms with van der Waals surface area (Å²) in [4.78, 5) is 8.33. The van der Waals surface area contributed by atoms with Crippen LogP contribution in [0.5, 0.6) is 0 Å². The van der Waals surface area contributed by atoms with E-state index in [2.05, 4.69) is 25.9 Å². The molecular weight excluding hydrogens is 432 g/mol. The van der Waals surface area contributed by atoms with Gasteiger partial charge in [-0.05, 0) is 29.8 Å². The molecule has 8 heteroatoms. The quantitative estimate of drug-likeness (QED) is 0.470. The number of aromatic nitrogens is 3. The topological polar surface area (TPSA) is 30.7 Å². The van der Waals surface area contributed by atoms with E-state index >= 15 is 0 Å². The van der Waals surface area contributed by atoms with E-state index in [-0.39, 0.29) is 10.4 Å². The highest BCUT2D eigenvalue weighted by Gasteiger charge is 2.20. The molecule has 0 saturated carbocycles. The second kappa shape index (κ2) is 6.38. The van der Waals surface area contributed by atoms with E-state index in [1.54, 1.807) is 10.6 Å². The zero-order valence-electron chi connectivity index (χ0n) is 10.7. The fourth-order valence-corrected chi connectivity index (χ4v) is 3.28. The first-order valence-corrected chi connectivity index (χ1v) is 8.29. The highest BCUT2D eigenvalue weighted by atomic mass is 79.9. The lowest BCUT2D eigenvalue weighted by atomic mass is 10.1. The molecule has 3 nitrogen and oxygen atoms in total. The minimum absolute atomic E-state index is 0.166. The summed E-state index contributed by atoms with van der Waals surface area (Å²) in [5.74, 6) is 0.411. The Labute approximate surface area is 154 Å². The van der Waals surface area contributed by atoms with Crippen molar-refractivity contribution in [1.29, 1.82) is 0 Å². The van der Waals surface area contributed by atoms with Crippen molar-refractivity contribution in [1.82, 2.24) is 14.5 Å². The van der Waals surface area contributed by atoms with E-state index in [1.807, 2.05) is 24.3 Å². The first kappa shape index (κ1) is 16.1. The predicted molar refractivity (Wildman–Crippen MR) is 94.5 cm³/mol. The first-order valence-electron chi connectivity index (χ1n) is 5.98. The average molecular weight is 438 g/mol. The molecule has 0 unspecified atom stereocenters. The van der Waals surface area contributed by atoms with Crippen molar-refractivity contribution in [3.8, 4) is 17.1 Å². The molecule has 0 spiro atoms. The monoisotopic (exact) mass is 435 g/mol. The summed E-state index contributed by atoms with van der Waals surface area (Å²) in [6.45, 7) is 0. The third-order valence-corrected chi connectivity index (χ3v) is 4.44. The van der Waals surface area contributed by atoms with Gasteiger partial charge in [0.15, 0.2) is 11.0 Å². The van der Waals surface area contributed by atoms with Crippen LogP contribution in [0.15, 0.2) is 41.0 Å². The SMILES string of the molecule is Clc1cnc(-n2c(Cl)nc(Cl)c2-c2ccc(Br)cc2)c(Cl)c1. The third-order valence-electron chi connectivity index (χ3n) is 2.91. The molecule has 0 bridgehead atoms. The van der Waals surface area contributed by atoms with E-state index in [9.17, 15) is 0 Å². The molecule has 0 radical (unpaired) electrons. The number of hydrogen-bond donors (Lipinski definition) is 0. The molecule has 22 heavy (non-hydrogen) atoms. The Morgan fingerprint density at radius 2 is 1.68 bits per heavy atom. The second-order valence-corrected chi connectivity index (χ2v) is 6.78. The maximum atomic E-state index is 6.23. The van der Waals surface area contributed by atoms with Crippen molar-refractivity contribution < 1.29 is 0 Å². The van der Waals surface area contributed by atoms with Crippen LogP contribution in [-0.4, -0.2) is 14.5 Å². The van der Waals surface area contributed by atoms with Gasteiger partial charge in [-0.15, -0.1) is 0 Å². The van der Waals surface area contributed by atoms with Gasteiger partial charge in [-0.25, -0.2) is 9.97 Å². The van der Waals surface area contributed by atoms with E-state index in [1.165, 1.54) is 6.20 Å². The minimum Gasteiger partial charge on any atom is -0.264 e. The van der Waals surface area contributed by atoms with Crippen molar-refractivity contribution in [2.75, 3.05) is 0 Å². The molecule has 3 aromatic rings. The number of benzene rings is 1. The molecule has 2 heterocycles. The fraction of sp³-hybridized carbons (Fsp3) is 0. The lowest BCUT2D eigenvalue weighted by Crippen LogP contribution is -2.01. The zero-order chi connectivity index (χ0) is 15.9. The number of rotatable bonds is 2. The van der Waals surface area contributed by atoms with Crippen LogP contribution in [0.1, 0.15) is 0 Å². The molecular formula is C14H6BrCl4N3. The summed E-state index contributed by atoms with van der Waals surface area (Å²) < 4.78 is 2.54. The molecule has 112 valence electrons. The molecule has 0 saturated heterocycles.